The monoisotopic (exact) mass is 993 g/mol. The predicted octanol–water partition coefficient (Wildman–Crippen LogP) is 6.72. The van der Waals surface area contributed by atoms with E-state index in [2.05, 4.69) is 53.1 Å². The number of ether oxygens (including phenoxy) is 3. The number of piperidine rings is 2. The van der Waals surface area contributed by atoms with Crippen LogP contribution in [0, 0.1) is 36.5 Å². The van der Waals surface area contributed by atoms with E-state index in [1.807, 2.05) is 51.0 Å². The van der Waals surface area contributed by atoms with Gasteiger partial charge in [-0.15, -0.1) is 0 Å². The Kier molecular flexibility index (Phi) is 15.6. The average Bonchev–Trinajstić information content (AvgIpc) is 3.87. The molecule has 5 bridgehead atoms. The molecule has 390 valence electrons. The Hall–Kier alpha value is -5.36. The fourth-order valence-electron chi connectivity index (χ4n) is 11.4. The second-order valence-corrected chi connectivity index (χ2v) is 21.6. The average molecular weight is 993 g/mol. The van der Waals surface area contributed by atoms with Gasteiger partial charge in [0.1, 0.15) is 27.9 Å². The molecule has 9 rings (SSSR count). The number of carbonyl (C=O) groups excluding carboxylic acids is 2. The van der Waals surface area contributed by atoms with Gasteiger partial charge < -0.3 is 49.8 Å². The molecule has 6 aliphatic heterocycles. The number of allylic oxidation sites excluding steroid dienone is 2. The van der Waals surface area contributed by atoms with Crippen LogP contribution in [0.2, 0.25) is 0 Å². The van der Waals surface area contributed by atoms with Crippen molar-refractivity contribution in [1.29, 1.82) is 0 Å². The summed E-state index contributed by atoms with van der Waals surface area (Å²) in [6.07, 6.45) is 7.75. The highest BCUT2D eigenvalue weighted by Gasteiger charge is 2.51. The first-order valence-corrected chi connectivity index (χ1v) is 25.8. The summed E-state index contributed by atoms with van der Waals surface area (Å²) >= 11 is 0. The standard InChI is InChI=1S/C56H76N6O10/c1-31(2)30-61-27-23-56(24-28-61)58-44-41-42-49(65)37(8)52-43(41)53(67)55(9,71-52)70-29-22-40(69-11)34(5)51(72-62-25-20-39(21-26-62)60(10)38-18-13-12-14-19-38)36(7)48(64)35(6)47(63)32(3)16-15-17-33(4)54(68)57-46(50(42)66)45(44)59-56/h12-19,22,29,31-32,34-36,39-40,47-48,51,58,63-66H,20-21,23-28,30H2,1-11H3/b16-15+,29-22+,33-17-,57-46?/t32-,34+,35+,36+,40-,47-,48+,51+,55?/m0/s1. The third-order valence-electron chi connectivity index (χ3n) is 16.0. The second-order valence-electron chi connectivity index (χ2n) is 21.6. The van der Waals surface area contributed by atoms with Gasteiger partial charge in [-0.05, 0) is 50.8 Å². The number of phenols is 2. The zero-order valence-electron chi connectivity index (χ0n) is 43.9. The van der Waals surface area contributed by atoms with Gasteiger partial charge in [0.2, 0.25) is 0 Å². The topological polar surface area (TPSA) is 198 Å². The molecule has 16 heteroatoms. The van der Waals surface area contributed by atoms with Crippen molar-refractivity contribution in [2.45, 2.75) is 130 Å². The third-order valence-corrected chi connectivity index (χ3v) is 16.0. The molecule has 72 heavy (non-hydrogen) atoms. The van der Waals surface area contributed by atoms with E-state index in [4.69, 9.17) is 24.0 Å². The van der Waals surface area contributed by atoms with Gasteiger partial charge in [0.25, 0.3) is 11.7 Å². The molecule has 3 aromatic rings. The molecular weight excluding hydrogens is 917 g/mol. The summed E-state index contributed by atoms with van der Waals surface area (Å²) < 4.78 is 18.8. The minimum Gasteiger partial charge on any atom is -0.507 e. The number of hydrogen-bond acceptors (Lipinski definition) is 15. The number of anilines is 2. The summed E-state index contributed by atoms with van der Waals surface area (Å²) in [7, 11) is 3.69. The number of aromatic hydroxyl groups is 2. The number of para-hydroxylation sites is 1. The minimum absolute atomic E-state index is 0.0683. The van der Waals surface area contributed by atoms with Crippen LogP contribution in [0.3, 0.4) is 0 Å². The minimum atomic E-state index is -1.93. The summed E-state index contributed by atoms with van der Waals surface area (Å²) in [5.74, 6) is -5.39. The number of benzene rings is 3. The highest BCUT2D eigenvalue weighted by molar-refractivity contribution is 6.21. The normalized spacial score (nSPS) is 31.3. The molecule has 1 spiro atoms. The van der Waals surface area contributed by atoms with E-state index in [0.29, 0.717) is 43.6 Å². The molecule has 2 saturated heterocycles. The first kappa shape index (κ1) is 52.9. The van der Waals surface area contributed by atoms with Gasteiger partial charge in [0.05, 0.1) is 47.3 Å². The Morgan fingerprint density at radius 2 is 1.58 bits per heavy atom. The van der Waals surface area contributed by atoms with Crippen LogP contribution in [0.1, 0.15) is 97.0 Å². The number of phenolic OH excluding ortho intramolecular Hbond substituents is 2. The van der Waals surface area contributed by atoms with Crippen LogP contribution < -0.4 is 25.7 Å². The first-order valence-electron chi connectivity index (χ1n) is 25.8. The van der Waals surface area contributed by atoms with E-state index < -0.39 is 77.0 Å². The number of aliphatic hydroxyl groups is 2. The maximum absolute atomic E-state index is 15.0. The highest BCUT2D eigenvalue weighted by atomic mass is 16.7. The van der Waals surface area contributed by atoms with Gasteiger partial charge in [-0.2, -0.15) is 5.06 Å². The van der Waals surface area contributed by atoms with E-state index in [0.717, 1.165) is 38.2 Å². The smallest absolute Gasteiger partial charge is 0.312 e. The number of ketones is 1. The Bertz CT molecular complexity index is 2730. The third kappa shape index (κ3) is 10.1. The van der Waals surface area contributed by atoms with Crippen LogP contribution in [0.15, 0.2) is 76.5 Å². The van der Waals surface area contributed by atoms with E-state index in [-0.39, 0.29) is 49.7 Å². The van der Waals surface area contributed by atoms with E-state index in [1.54, 1.807) is 45.3 Å². The van der Waals surface area contributed by atoms with Crippen molar-refractivity contribution in [3.8, 4) is 17.2 Å². The number of methoxy groups -OCH3 is 1. The van der Waals surface area contributed by atoms with Crippen molar-refractivity contribution in [3.05, 3.63) is 88.3 Å². The van der Waals surface area contributed by atoms with Crippen LogP contribution in [-0.4, -0.2) is 131 Å². The molecule has 3 aromatic carbocycles. The summed E-state index contributed by atoms with van der Waals surface area (Å²) in [5, 5.41) is 53.9. The van der Waals surface area contributed by atoms with Crippen LogP contribution in [-0.2, 0) is 19.1 Å². The number of aliphatic hydroxyl groups excluding tert-OH is 2. The summed E-state index contributed by atoms with van der Waals surface area (Å²) in [6, 6.07) is 10.6. The number of carbonyl (C=O) groups is 2. The Labute approximate surface area is 423 Å². The number of fused-ring (bicyclic) bond motifs is 13. The predicted molar refractivity (Wildman–Crippen MR) is 276 cm³/mol. The maximum atomic E-state index is 15.0. The van der Waals surface area contributed by atoms with Crippen LogP contribution >= 0.6 is 0 Å². The van der Waals surface area contributed by atoms with Gasteiger partial charge in [0, 0.05) is 119 Å². The van der Waals surface area contributed by atoms with Crippen molar-refractivity contribution < 1.29 is 49.1 Å². The van der Waals surface area contributed by atoms with Crippen LogP contribution in [0.5, 0.6) is 17.2 Å². The lowest BCUT2D eigenvalue weighted by Gasteiger charge is -2.43. The van der Waals surface area contributed by atoms with Crippen molar-refractivity contribution >= 4 is 33.8 Å². The molecule has 0 aliphatic carbocycles. The molecule has 0 aromatic heterocycles. The van der Waals surface area contributed by atoms with Crippen molar-refractivity contribution in [1.82, 2.24) is 9.96 Å². The molecule has 1 amide bonds. The molecule has 6 heterocycles. The zero-order chi connectivity index (χ0) is 52.0. The van der Waals surface area contributed by atoms with Crippen LogP contribution in [0.25, 0.3) is 10.8 Å². The van der Waals surface area contributed by atoms with Crippen molar-refractivity contribution in [3.63, 3.8) is 0 Å². The first-order chi connectivity index (χ1) is 34.2. The molecule has 2 fully saturated rings. The van der Waals surface area contributed by atoms with Gasteiger partial charge in [-0.1, -0.05) is 78.0 Å². The van der Waals surface area contributed by atoms with E-state index >= 15 is 0 Å². The maximum Gasteiger partial charge on any atom is 0.312 e. The molecule has 0 saturated carbocycles. The number of amides is 1. The molecule has 0 radical (unpaired) electrons. The largest absolute Gasteiger partial charge is 0.507 e. The summed E-state index contributed by atoms with van der Waals surface area (Å²) in [4.78, 5) is 50.3. The molecule has 5 N–H and O–H groups in total. The Balaban J connectivity index is 1.19. The van der Waals surface area contributed by atoms with Gasteiger partial charge in [-0.3, -0.25) is 19.4 Å². The van der Waals surface area contributed by atoms with Crippen LogP contribution in [0.4, 0.5) is 11.4 Å². The number of nitrogens with one attached hydrogen (secondary N) is 1. The molecule has 16 nitrogen and oxygen atoms in total. The van der Waals surface area contributed by atoms with E-state index in [1.165, 1.54) is 13.2 Å². The SMILES string of the molecule is CO[C@H]1/C=C/OC2(C)Oc3c(C)c(O)c4c(O)c(c5c(c4c3C2=O)NC2(CCN(CC(C)C)CC2)N=5)=NC(=O)/C(C)=C\C=C\[C@H](C)[C@H](O)[C@@H](C)[C@@H](O)[C@@H](C)[C@H](ON2CCC(N(C)c3ccccc3)CC2)[C@@H]1C. The van der Waals surface area contributed by atoms with Gasteiger partial charge in [-0.25, -0.2) is 4.99 Å². The Morgan fingerprint density at radius 3 is 2.24 bits per heavy atom. The molecule has 9 atom stereocenters. The number of hydrogen-bond donors (Lipinski definition) is 5. The number of Topliss-reactive ketones (excluding diaryl/α,β-unsaturated/α-hetero) is 1. The molecule has 6 aliphatic rings. The fraction of sp³-hybridized carbons (Fsp3) is 0.571. The number of rotatable bonds is 7. The van der Waals surface area contributed by atoms with Gasteiger partial charge >= 0.3 is 5.79 Å². The second kappa shape index (κ2) is 21.2. The summed E-state index contributed by atoms with van der Waals surface area (Å²) in [6.45, 7) is 20.3. The number of hydroxylamine groups is 2. The lowest BCUT2D eigenvalue weighted by atomic mass is 9.78. The highest BCUT2D eigenvalue weighted by Crippen LogP contribution is 2.51. The molecule has 1 unspecified atom stereocenters. The number of nitrogens with zero attached hydrogens (tertiary/aromatic N) is 5. The zero-order valence-corrected chi connectivity index (χ0v) is 43.9. The lowest BCUT2D eigenvalue weighted by molar-refractivity contribution is -0.249. The Morgan fingerprint density at radius 1 is 0.903 bits per heavy atom. The molecular formula is C56H76N6O10. The van der Waals surface area contributed by atoms with E-state index in [9.17, 15) is 30.0 Å². The number of likely N-dealkylation sites (tertiary alicyclic amines) is 1. The fourth-order valence-corrected chi connectivity index (χ4v) is 11.4. The quantitative estimate of drug-likeness (QED) is 0.156. The van der Waals surface area contributed by atoms with Crippen molar-refractivity contribution in [2.75, 3.05) is 57.1 Å². The lowest BCUT2D eigenvalue weighted by Crippen LogP contribution is -2.50. The summed E-state index contributed by atoms with van der Waals surface area (Å²) in [5.41, 5.74) is 1.16. The van der Waals surface area contributed by atoms with Crippen molar-refractivity contribution in [2.24, 2.45) is 39.6 Å². The van der Waals surface area contributed by atoms with Gasteiger partial charge in [0.15, 0.2) is 5.75 Å².